The van der Waals surface area contributed by atoms with Crippen LogP contribution in [0.1, 0.15) is 39.0 Å². The molecule has 0 rings (SSSR count). The topological polar surface area (TPSA) is 69.7 Å². The highest BCUT2D eigenvalue weighted by atomic mass is 16.5. The van der Waals surface area contributed by atoms with Crippen molar-refractivity contribution in [3.05, 3.63) is 0 Å². The lowest BCUT2D eigenvalue weighted by Crippen LogP contribution is -2.13. The number of esters is 2. The molecule has 16 heavy (non-hydrogen) atoms. The summed E-state index contributed by atoms with van der Waals surface area (Å²) in [7, 11) is 1.26. The van der Waals surface area contributed by atoms with E-state index in [1.165, 1.54) is 7.11 Å². The molecule has 0 atom stereocenters. The van der Waals surface area contributed by atoms with Gasteiger partial charge >= 0.3 is 11.9 Å². The number of carbonyl (C=O) groups is 3. The van der Waals surface area contributed by atoms with E-state index in [1.54, 1.807) is 0 Å². The third-order valence-corrected chi connectivity index (χ3v) is 1.94. The third kappa shape index (κ3) is 7.96. The first-order valence-electron chi connectivity index (χ1n) is 5.34. The first-order chi connectivity index (χ1) is 7.60. The van der Waals surface area contributed by atoms with Crippen molar-refractivity contribution in [3.8, 4) is 0 Å². The van der Waals surface area contributed by atoms with Gasteiger partial charge in [-0.15, -0.1) is 0 Å². The van der Waals surface area contributed by atoms with Gasteiger partial charge in [0.25, 0.3) is 0 Å². The van der Waals surface area contributed by atoms with E-state index in [0.717, 1.165) is 12.8 Å². The molecule has 0 aliphatic carbocycles. The van der Waals surface area contributed by atoms with Crippen molar-refractivity contribution in [2.24, 2.45) is 0 Å². The lowest BCUT2D eigenvalue weighted by atomic mass is 10.2. The van der Waals surface area contributed by atoms with Crippen molar-refractivity contribution < 1.29 is 23.9 Å². The van der Waals surface area contributed by atoms with Gasteiger partial charge in [0.15, 0.2) is 0 Å². The number of hydrogen-bond acceptors (Lipinski definition) is 5. The normalized spacial score (nSPS) is 9.62. The number of unbranched alkanes of at least 4 members (excludes halogenated alkanes) is 1. The van der Waals surface area contributed by atoms with Crippen LogP contribution in [0.15, 0.2) is 0 Å². The van der Waals surface area contributed by atoms with Crippen molar-refractivity contribution in [1.82, 2.24) is 0 Å². The fourth-order valence-electron chi connectivity index (χ4n) is 0.974. The van der Waals surface area contributed by atoms with Crippen molar-refractivity contribution in [1.29, 1.82) is 0 Å². The Bertz CT molecular complexity index is 247. The molecule has 0 aromatic carbocycles. The summed E-state index contributed by atoms with van der Waals surface area (Å²) in [5.41, 5.74) is 0. The van der Waals surface area contributed by atoms with Crippen LogP contribution < -0.4 is 0 Å². The number of ketones is 1. The van der Waals surface area contributed by atoms with Crippen molar-refractivity contribution >= 4 is 17.7 Å². The molecule has 0 aliphatic heterocycles. The maximum atomic E-state index is 11.2. The zero-order valence-corrected chi connectivity index (χ0v) is 9.78. The van der Waals surface area contributed by atoms with Crippen LogP contribution in [0.3, 0.4) is 0 Å². The van der Waals surface area contributed by atoms with Gasteiger partial charge in [0.05, 0.1) is 20.1 Å². The smallest absolute Gasteiger partial charge is 0.313 e. The van der Waals surface area contributed by atoms with Gasteiger partial charge in [0.1, 0.15) is 12.2 Å². The molecule has 0 fully saturated rings. The average molecular weight is 230 g/mol. The van der Waals surface area contributed by atoms with Crippen LogP contribution >= 0.6 is 0 Å². The number of hydrogen-bond donors (Lipinski definition) is 0. The van der Waals surface area contributed by atoms with Crippen LogP contribution in [-0.2, 0) is 23.9 Å². The minimum atomic E-state index is -0.525. The monoisotopic (exact) mass is 230 g/mol. The van der Waals surface area contributed by atoms with Crippen LogP contribution in [0, 0.1) is 0 Å². The Labute approximate surface area is 95.1 Å². The van der Waals surface area contributed by atoms with Crippen LogP contribution in [0.5, 0.6) is 0 Å². The largest absolute Gasteiger partial charge is 0.469 e. The van der Waals surface area contributed by atoms with E-state index >= 15 is 0 Å². The Morgan fingerprint density at radius 3 is 2.31 bits per heavy atom. The van der Waals surface area contributed by atoms with Crippen molar-refractivity contribution in [3.63, 3.8) is 0 Å². The Hall–Kier alpha value is -1.39. The molecule has 0 heterocycles. The van der Waals surface area contributed by atoms with E-state index in [9.17, 15) is 14.4 Å². The molecular weight excluding hydrogens is 212 g/mol. The maximum Gasteiger partial charge on any atom is 0.313 e. The fraction of sp³-hybridized carbons (Fsp3) is 0.727. The van der Waals surface area contributed by atoms with Crippen LogP contribution in [-0.4, -0.2) is 31.4 Å². The number of rotatable bonds is 8. The molecule has 0 amide bonds. The number of methoxy groups -OCH3 is 1. The molecule has 0 saturated carbocycles. The third-order valence-electron chi connectivity index (χ3n) is 1.94. The average Bonchev–Trinajstić information content (AvgIpc) is 2.26. The summed E-state index contributed by atoms with van der Waals surface area (Å²) in [6.07, 6.45) is 1.50. The highest BCUT2D eigenvalue weighted by molar-refractivity contribution is 5.96. The first-order valence-corrected chi connectivity index (χ1v) is 5.34. The second kappa shape index (κ2) is 8.88. The summed E-state index contributed by atoms with van der Waals surface area (Å²) in [4.78, 5) is 33.0. The van der Waals surface area contributed by atoms with E-state index in [-0.39, 0.29) is 25.0 Å². The van der Waals surface area contributed by atoms with Gasteiger partial charge in [-0.1, -0.05) is 13.3 Å². The lowest BCUT2D eigenvalue weighted by molar-refractivity contribution is -0.147. The van der Waals surface area contributed by atoms with E-state index in [4.69, 9.17) is 4.74 Å². The van der Waals surface area contributed by atoms with E-state index in [1.807, 2.05) is 6.92 Å². The predicted octanol–water partition coefficient (Wildman–Crippen LogP) is 1.24. The van der Waals surface area contributed by atoms with Gasteiger partial charge in [-0.2, -0.15) is 0 Å². The molecule has 0 spiro atoms. The summed E-state index contributed by atoms with van der Waals surface area (Å²) >= 11 is 0. The summed E-state index contributed by atoms with van der Waals surface area (Å²) < 4.78 is 9.19. The second-order valence-electron chi connectivity index (χ2n) is 3.37. The summed E-state index contributed by atoms with van der Waals surface area (Å²) in [6, 6.07) is 0. The van der Waals surface area contributed by atoms with E-state index in [0.29, 0.717) is 6.61 Å². The summed E-state index contributed by atoms with van der Waals surface area (Å²) in [5.74, 6) is -1.28. The zero-order chi connectivity index (χ0) is 12.4. The highest BCUT2D eigenvalue weighted by Gasteiger charge is 2.12. The number of ether oxygens (including phenoxy) is 2. The Morgan fingerprint density at radius 1 is 1.06 bits per heavy atom. The van der Waals surface area contributed by atoms with Gasteiger partial charge in [0, 0.05) is 6.42 Å². The molecule has 5 heteroatoms. The Morgan fingerprint density at radius 2 is 1.75 bits per heavy atom. The zero-order valence-electron chi connectivity index (χ0n) is 9.78. The Balaban J connectivity index is 3.62. The quantitative estimate of drug-likeness (QED) is 0.356. The molecule has 0 N–H and O–H groups in total. The fourth-order valence-corrected chi connectivity index (χ4v) is 0.974. The standard InChI is InChI=1S/C11H18O5/c1-3-4-7-16-11(14)8-9(12)5-6-10(13)15-2/h3-8H2,1-2H3. The molecule has 0 aliphatic rings. The van der Waals surface area contributed by atoms with Crippen LogP contribution in [0.4, 0.5) is 0 Å². The molecule has 0 saturated heterocycles. The number of carbonyl (C=O) groups excluding carboxylic acids is 3. The molecule has 92 valence electrons. The lowest BCUT2D eigenvalue weighted by Gasteiger charge is -2.03. The molecular formula is C11H18O5. The molecule has 0 bridgehead atoms. The van der Waals surface area contributed by atoms with Gasteiger partial charge < -0.3 is 9.47 Å². The van der Waals surface area contributed by atoms with Crippen molar-refractivity contribution in [2.75, 3.05) is 13.7 Å². The SMILES string of the molecule is CCCCOC(=O)CC(=O)CCC(=O)OC. The minimum absolute atomic E-state index is 0.0115. The van der Waals surface area contributed by atoms with Crippen molar-refractivity contribution in [2.45, 2.75) is 39.0 Å². The van der Waals surface area contributed by atoms with Crippen LogP contribution in [0.2, 0.25) is 0 Å². The predicted molar refractivity (Wildman–Crippen MR) is 56.7 cm³/mol. The maximum absolute atomic E-state index is 11.2. The number of Topliss-reactive ketones (excluding diaryl/α,β-unsaturated/α-hetero) is 1. The summed E-state index contributed by atoms with van der Waals surface area (Å²) in [5, 5.41) is 0. The van der Waals surface area contributed by atoms with Gasteiger partial charge in [-0.05, 0) is 6.42 Å². The van der Waals surface area contributed by atoms with Gasteiger partial charge in [-0.3, -0.25) is 14.4 Å². The molecule has 0 radical (unpaired) electrons. The van der Waals surface area contributed by atoms with Crippen LogP contribution in [0.25, 0.3) is 0 Å². The minimum Gasteiger partial charge on any atom is -0.469 e. The molecule has 0 unspecified atom stereocenters. The summed E-state index contributed by atoms with van der Waals surface area (Å²) in [6.45, 7) is 2.33. The molecule has 0 aromatic rings. The van der Waals surface area contributed by atoms with E-state index in [2.05, 4.69) is 4.74 Å². The van der Waals surface area contributed by atoms with Gasteiger partial charge in [0.2, 0.25) is 0 Å². The first kappa shape index (κ1) is 14.6. The molecule has 5 nitrogen and oxygen atoms in total. The Kier molecular flexibility index (Phi) is 8.11. The second-order valence-corrected chi connectivity index (χ2v) is 3.37. The van der Waals surface area contributed by atoms with Gasteiger partial charge in [-0.25, -0.2) is 0 Å². The highest BCUT2D eigenvalue weighted by Crippen LogP contribution is 1.99. The van der Waals surface area contributed by atoms with E-state index < -0.39 is 11.9 Å². The molecule has 0 aromatic heterocycles.